The average Bonchev–Trinajstić information content (AvgIpc) is 2.96. The lowest BCUT2D eigenvalue weighted by Gasteiger charge is -2.29. The first-order valence-electron chi connectivity index (χ1n) is 14.3. The van der Waals surface area contributed by atoms with Crippen LogP contribution in [-0.4, -0.2) is 25.9 Å². The lowest BCUT2D eigenvalue weighted by molar-refractivity contribution is -0.0399. The van der Waals surface area contributed by atoms with Gasteiger partial charge < -0.3 is 14.2 Å². The lowest BCUT2D eigenvalue weighted by atomic mass is 9.93. The number of halogens is 3. The minimum Gasteiger partial charge on any atom is -0.491 e. The Bertz CT molecular complexity index is 1190. The third kappa shape index (κ3) is 7.78. The van der Waals surface area contributed by atoms with Crippen LogP contribution in [0.3, 0.4) is 0 Å². The number of hydrogen-bond acceptors (Lipinski definition) is 3. The third-order valence-electron chi connectivity index (χ3n) is 7.41. The quantitative estimate of drug-likeness (QED) is 0.202. The summed E-state index contributed by atoms with van der Waals surface area (Å²) < 4.78 is 60.6. The number of benzene rings is 3. The van der Waals surface area contributed by atoms with Crippen LogP contribution in [-0.2, 0) is 4.74 Å². The van der Waals surface area contributed by atoms with Crippen LogP contribution in [0, 0.1) is 23.4 Å². The smallest absolute Gasteiger partial charge is 0.201 e. The van der Waals surface area contributed by atoms with Crippen molar-refractivity contribution in [1.29, 1.82) is 0 Å². The van der Waals surface area contributed by atoms with E-state index in [0.29, 0.717) is 23.7 Å². The molecule has 0 amide bonds. The lowest BCUT2D eigenvalue weighted by Crippen LogP contribution is -2.30. The van der Waals surface area contributed by atoms with E-state index in [1.54, 1.807) is 43.3 Å². The summed E-state index contributed by atoms with van der Waals surface area (Å²) in [5.74, 6) is -1.70. The van der Waals surface area contributed by atoms with Gasteiger partial charge in [-0.2, -0.15) is 4.39 Å². The largest absolute Gasteiger partial charge is 0.491 e. The van der Waals surface area contributed by atoms with Gasteiger partial charge in [-0.1, -0.05) is 69.4 Å². The maximum atomic E-state index is 14.9. The van der Waals surface area contributed by atoms with E-state index in [4.69, 9.17) is 14.2 Å². The van der Waals surface area contributed by atoms with Crippen LogP contribution < -0.4 is 9.47 Å². The number of hydrogen-bond donors (Lipinski definition) is 0. The highest BCUT2D eigenvalue weighted by atomic mass is 19.2. The van der Waals surface area contributed by atoms with Gasteiger partial charge in [-0.05, 0) is 73.1 Å². The highest BCUT2D eigenvalue weighted by Crippen LogP contribution is 2.33. The summed E-state index contributed by atoms with van der Waals surface area (Å²) in [5.41, 5.74) is 2.08. The molecule has 1 aliphatic rings. The van der Waals surface area contributed by atoms with Crippen molar-refractivity contribution in [2.45, 2.75) is 71.3 Å². The zero-order valence-electron chi connectivity index (χ0n) is 23.0. The van der Waals surface area contributed by atoms with Crippen molar-refractivity contribution >= 4 is 0 Å². The minimum absolute atomic E-state index is 0.0132. The second kappa shape index (κ2) is 14.4. The molecule has 3 aromatic carbocycles. The average molecular weight is 541 g/mol. The van der Waals surface area contributed by atoms with Crippen LogP contribution in [0.25, 0.3) is 22.3 Å². The fraction of sp³-hybridized carbons (Fsp3) is 0.455. The molecule has 1 saturated heterocycles. The first kappa shape index (κ1) is 29.0. The van der Waals surface area contributed by atoms with Crippen molar-refractivity contribution in [3.05, 3.63) is 72.0 Å². The van der Waals surface area contributed by atoms with E-state index in [1.807, 2.05) is 0 Å². The molecule has 2 atom stereocenters. The number of ether oxygens (including phenoxy) is 3. The van der Waals surface area contributed by atoms with Gasteiger partial charge >= 0.3 is 0 Å². The summed E-state index contributed by atoms with van der Waals surface area (Å²) in [5, 5.41) is 0. The molecule has 0 bridgehead atoms. The highest BCUT2D eigenvalue weighted by Gasteiger charge is 2.22. The first-order chi connectivity index (χ1) is 19.0. The van der Waals surface area contributed by atoms with Crippen LogP contribution in [0.4, 0.5) is 13.2 Å². The van der Waals surface area contributed by atoms with Crippen LogP contribution in [0.15, 0.2) is 54.6 Å². The van der Waals surface area contributed by atoms with Gasteiger partial charge in [0.1, 0.15) is 6.61 Å². The summed E-state index contributed by atoms with van der Waals surface area (Å²) in [6.45, 7) is 5.28. The molecule has 1 aliphatic heterocycles. The summed E-state index contributed by atoms with van der Waals surface area (Å²) in [4.78, 5) is 0. The maximum Gasteiger partial charge on any atom is 0.201 e. The van der Waals surface area contributed by atoms with Crippen molar-refractivity contribution in [2.75, 3.05) is 19.8 Å². The van der Waals surface area contributed by atoms with Crippen LogP contribution in [0.5, 0.6) is 11.5 Å². The second-order valence-corrected chi connectivity index (χ2v) is 10.3. The van der Waals surface area contributed by atoms with Gasteiger partial charge in [0, 0.05) is 12.2 Å². The Morgan fingerprint density at radius 1 is 0.744 bits per heavy atom. The Kier molecular flexibility index (Phi) is 10.7. The third-order valence-corrected chi connectivity index (χ3v) is 7.41. The molecule has 2 unspecified atom stereocenters. The molecular formula is C33H39F3O3. The Hall–Kier alpha value is -2.99. The van der Waals surface area contributed by atoms with Gasteiger partial charge in [-0.3, -0.25) is 0 Å². The van der Waals surface area contributed by atoms with Crippen molar-refractivity contribution in [3.8, 4) is 33.8 Å². The van der Waals surface area contributed by atoms with Crippen LogP contribution >= 0.6 is 0 Å². The standard InChI is InChI=1S/C33H39F3O3/c1-3-5-6-7-8-9-23-10-16-27(38-21-23)22-39-30-18-15-26(20-29(30)34)24-11-13-25(14-12-24)28-17-19-31(37-4-2)33(36)32(28)35/h11-15,17-20,23,27H,3-10,16,21-22H2,1-2H3. The van der Waals surface area contributed by atoms with E-state index < -0.39 is 17.5 Å². The normalized spacial score (nSPS) is 17.3. The summed E-state index contributed by atoms with van der Waals surface area (Å²) >= 11 is 0. The van der Waals surface area contributed by atoms with Gasteiger partial charge in [0.2, 0.25) is 5.82 Å². The van der Waals surface area contributed by atoms with Crippen molar-refractivity contribution < 1.29 is 27.4 Å². The fourth-order valence-electron chi connectivity index (χ4n) is 5.10. The van der Waals surface area contributed by atoms with E-state index in [2.05, 4.69) is 6.92 Å². The Morgan fingerprint density at radius 3 is 2.15 bits per heavy atom. The molecule has 0 aromatic heterocycles. The van der Waals surface area contributed by atoms with Gasteiger partial charge in [0.15, 0.2) is 23.1 Å². The van der Waals surface area contributed by atoms with Crippen molar-refractivity contribution in [2.24, 2.45) is 5.92 Å². The maximum absolute atomic E-state index is 14.9. The van der Waals surface area contributed by atoms with Crippen LogP contribution in [0.2, 0.25) is 0 Å². The fourth-order valence-corrected chi connectivity index (χ4v) is 5.10. The van der Waals surface area contributed by atoms with E-state index in [1.165, 1.54) is 56.7 Å². The Balaban J connectivity index is 1.29. The first-order valence-corrected chi connectivity index (χ1v) is 14.3. The summed E-state index contributed by atoms with van der Waals surface area (Å²) in [6.07, 6.45) is 9.75. The highest BCUT2D eigenvalue weighted by molar-refractivity contribution is 5.71. The Labute approximate surface area is 230 Å². The van der Waals surface area contributed by atoms with Crippen molar-refractivity contribution in [3.63, 3.8) is 0 Å². The molecule has 39 heavy (non-hydrogen) atoms. The van der Waals surface area contributed by atoms with Gasteiger partial charge in [0.05, 0.1) is 12.7 Å². The van der Waals surface area contributed by atoms with Gasteiger partial charge in [-0.25, -0.2) is 8.78 Å². The molecule has 3 aromatic rings. The molecular weight excluding hydrogens is 501 g/mol. The minimum atomic E-state index is -1.01. The molecule has 1 fully saturated rings. The van der Waals surface area contributed by atoms with Gasteiger partial charge in [0.25, 0.3) is 0 Å². The van der Waals surface area contributed by atoms with Crippen LogP contribution in [0.1, 0.15) is 65.2 Å². The number of unbranched alkanes of at least 4 members (excludes halogenated alkanes) is 4. The predicted octanol–water partition coefficient (Wildman–Crippen LogP) is 9.37. The molecule has 4 rings (SSSR count). The van der Waals surface area contributed by atoms with E-state index in [9.17, 15) is 13.2 Å². The topological polar surface area (TPSA) is 27.7 Å². The molecule has 0 N–H and O–H groups in total. The molecule has 6 heteroatoms. The Morgan fingerprint density at radius 2 is 1.46 bits per heavy atom. The van der Waals surface area contributed by atoms with E-state index >= 15 is 0 Å². The zero-order chi connectivity index (χ0) is 27.6. The molecule has 1 heterocycles. The van der Waals surface area contributed by atoms with Gasteiger partial charge in [-0.15, -0.1) is 0 Å². The molecule has 3 nitrogen and oxygen atoms in total. The monoisotopic (exact) mass is 540 g/mol. The van der Waals surface area contributed by atoms with E-state index in [0.717, 1.165) is 25.0 Å². The summed E-state index contributed by atoms with van der Waals surface area (Å²) in [6, 6.07) is 14.7. The van der Waals surface area contributed by atoms with E-state index in [-0.39, 0.29) is 29.8 Å². The SMILES string of the molecule is CCCCCCCC1CCC(COc2ccc(-c3ccc(-c4ccc(OCC)c(F)c4F)cc3)cc2F)OC1. The molecule has 210 valence electrons. The molecule has 0 aliphatic carbocycles. The number of rotatable bonds is 13. The summed E-state index contributed by atoms with van der Waals surface area (Å²) in [7, 11) is 0. The predicted molar refractivity (Wildman–Crippen MR) is 150 cm³/mol. The molecule has 0 radical (unpaired) electrons. The molecule has 0 saturated carbocycles. The zero-order valence-corrected chi connectivity index (χ0v) is 23.0. The van der Waals surface area contributed by atoms with Crippen molar-refractivity contribution in [1.82, 2.24) is 0 Å². The second-order valence-electron chi connectivity index (χ2n) is 10.3. The molecule has 0 spiro atoms.